The molecule has 2 aliphatic heterocycles. The van der Waals surface area contributed by atoms with Gasteiger partial charge in [-0.3, -0.25) is 9.89 Å². The Hall–Kier alpha value is -1.63. The summed E-state index contributed by atoms with van der Waals surface area (Å²) in [5, 5.41) is 3.58. The molecule has 0 aromatic heterocycles. The molecule has 0 saturated carbocycles. The van der Waals surface area contributed by atoms with Crippen molar-refractivity contribution >= 4 is 5.96 Å². The van der Waals surface area contributed by atoms with E-state index in [1.165, 1.54) is 11.1 Å². The highest BCUT2D eigenvalue weighted by atomic mass is 16.5. The van der Waals surface area contributed by atoms with Gasteiger partial charge in [-0.1, -0.05) is 38.1 Å². The van der Waals surface area contributed by atoms with Gasteiger partial charge in [-0.2, -0.15) is 0 Å². The minimum atomic E-state index is 0.143. The second-order valence-corrected chi connectivity index (χ2v) is 7.54. The summed E-state index contributed by atoms with van der Waals surface area (Å²) < 4.78 is 11.8. The lowest BCUT2D eigenvalue weighted by Crippen LogP contribution is -2.53. The summed E-state index contributed by atoms with van der Waals surface area (Å²) in [5.74, 6) is 0.948. The van der Waals surface area contributed by atoms with Crippen LogP contribution in [0.3, 0.4) is 0 Å². The Labute approximate surface area is 169 Å². The minimum Gasteiger partial charge on any atom is -0.375 e. The van der Waals surface area contributed by atoms with E-state index in [0.717, 1.165) is 71.3 Å². The van der Waals surface area contributed by atoms with Crippen LogP contribution in [0.5, 0.6) is 0 Å². The lowest BCUT2D eigenvalue weighted by Gasteiger charge is -2.37. The number of nitrogens with one attached hydrogen (secondary N) is 1. The number of morpholine rings is 1. The van der Waals surface area contributed by atoms with Gasteiger partial charge in [0.1, 0.15) is 6.10 Å². The summed E-state index contributed by atoms with van der Waals surface area (Å²) in [6.45, 7) is 11.6. The molecule has 28 heavy (non-hydrogen) atoms. The molecule has 156 valence electrons. The van der Waals surface area contributed by atoms with E-state index < -0.39 is 0 Å². The van der Waals surface area contributed by atoms with Crippen LogP contribution < -0.4 is 5.32 Å². The van der Waals surface area contributed by atoms with Gasteiger partial charge in [-0.05, 0) is 37.1 Å². The van der Waals surface area contributed by atoms with Crippen molar-refractivity contribution in [3.8, 4) is 0 Å². The molecule has 0 radical (unpaired) electrons. The van der Waals surface area contributed by atoms with Crippen molar-refractivity contribution in [1.29, 1.82) is 0 Å². The highest BCUT2D eigenvalue weighted by molar-refractivity contribution is 5.80. The van der Waals surface area contributed by atoms with Crippen LogP contribution in [-0.2, 0) is 22.6 Å². The van der Waals surface area contributed by atoms with E-state index >= 15 is 0 Å². The number of nitrogens with zero attached hydrogens (tertiary/aromatic N) is 3. The molecule has 1 N–H and O–H groups in total. The Balaban J connectivity index is 1.59. The first-order chi connectivity index (χ1) is 13.7. The van der Waals surface area contributed by atoms with Crippen LogP contribution in [0.15, 0.2) is 29.3 Å². The fraction of sp³-hybridized carbons (Fsp3) is 0.682. The Kier molecular flexibility index (Phi) is 8.13. The van der Waals surface area contributed by atoms with E-state index in [1.54, 1.807) is 0 Å². The van der Waals surface area contributed by atoms with Gasteiger partial charge in [0, 0.05) is 39.8 Å². The number of benzene rings is 1. The van der Waals surface area contributed by atoms with Crippen molar-refractivity contribution in [2.75, 3.05) is 46.4 Å². The lowest BCUT2D eigenvalue weighted by molar-refractivity contribution is -0.0817. The van der Waals surface area contributed by atoms with Gasteiger partial charge < -0.3 is 19.7 Å². The third-order valence-corrected chi connectivity index (χ3v) is 5.83. The SMILES string of the molecule is CCN(CC)Cc1ccccc1CNC(=NC)N1CCOC(C2CCCO2)C1. The fourth-order valence-corrected chi connectivity index (χ4v) is 4.07. The van der Waals surface area contributed by atoms with Crippen molar-refractivity contribution in [1.82, 2.24) is 15.1 Å². The van der Waals surface area contributed by atoms with Crippen LogP contribution in [-0.4, -0.2) is 74.4 Å². The molecule has 0 spiro atoms. The fourth-order valence-electron chi connectivity index (χ4n) is 4.07. The third-order valence-electron chi connectivity index (χ3n) is 5.83. The smallest absolute Gasteiger partial charge is 0.194 e. The first-order valence-electron chi connectivity index (χ1n) is 10.7. The first kappa shape index (κ1) is 21.1. The number of hydrogen-bond donors (Lipinski definition) is 1. The number of hydrogen-bond acceptors (Lipinski definition) is 4. The monoisotopic (exact) mass is 388 g/mol. The molecule has 0 bridgehead atoms. The van der Waals surface area contributed by atoms with Crippen molar-refractivity contribution in [3.05, 3.63) is 35.4 Å². The molecule has 0 aliphatic carbocycles. The molecule has 1 aromatic carbocycles. The Morgan fingerprint density at radius 2 is 1.89 bits per heavy atom. The molecule has 2 heterocycles. The molecular weight excluding hydrogens is 352 g/mol. The minimum absolute atomic E-state index is 0.143. The van der Waals surface area contributed by atoms with E-state index in [2.05, 4.69) is 58.2 Å². The Bertz CT molecular complexity index is 627. The molecule has 0 amide bonds. The molecule has 1 aromatic rings. The maximum atomic E-state index is 5.98. The van der Waals surface area contributed by atoms with Gasteiger partial charge >= 0.3 is 0 Å². The lowest BCUT2D eigenvalue weighted by atomic mass is 10.1. The van der Waals surface area contributed by atoms with Crippen molar-refractivity contribution in [2.24, 2.45) is 4.99 Å². The Morgan fingerprint density at radius 3 is 2.57 bits per heavy atom. The van der Waals surface area contributed by atoms with Crippen LogP contribution in [0, 0.1) is 0 Å². The van der Waals surface area contributed by atoms with Crippen LogP contribution >= 0.6 is 0 Å². The first-order valence-corrected chi connectivity index (χ1v) is 10.7. The number of ether oxygens (including phenoxy) is 2. The zero-order valence-electron chi connectivity index (χ0n) is 17.7. The molecule has 2 saturated heterocycles. The maximum Gasteiger partial charge on any atom is 0.194 e. The van der Waals surface area contributed by atoms with Gasteiger partial charge in [0.25, 0.3) is 0 Å². The number of rotatable bonds is 7. The van der Waals surface area contributed by atoms with E-state index in [1.807, 2.05) is 7.05 Å². The number of aliphatic imine (C=N–C) groups is 1. The van der Waals surface area contributed by atoms with Crippen molar-refractivity contribution < 1.29 is 9.47 Å². The Morgan fingerprint density at radius 1 is 1.14 bits per heavy atom. The van der Waals surface area contributed by atoms with Gasteiger partial charge in [0.2, 0.25) is 0 Å². The standard InChI is InChI=1S/C22H36N4O2/c1-4-25(5-2)16-19-10-7-6-9-18(19)15-24-22(23-3)26-12-14-28-21(17-26)20-11-8-13-27-20/h6-7,9-10,20-21H,4-5,8,11-17H2,1-3H3,(H,23,24). The summed E-state index contributed by atoms with van der Waals surface area (Å²) in [5.41, 5.74) is 2.72. The topological polar surface area (TPSA) is 49.3 Å². The van der Waals surface area contributed by atoms with E-state index in [4.69, 9.17) is 9.47 Å². The second kappa shape index (κ2) is 10.8. The van der Waals surface area contributed by atoms with Gasteiger partial charge in [0.15, 0.2) is 5.96 Å². The van der Waals surface area contributed by atoms with Crippen LogP contribution in [0.4, 0.5) is 0 Å². The molecular formula is C22H36N4O2. The average molecular weight is 389 g/mol. The van der Waals surface area contributed by atoms with Crippen molar-refractivity contribution in [3.63, 3.8) is 0 Å². The van der Waals surface area contributed by atoms with E-state index in [9.17, 15) is 0 Å². The molecule has 2 atom stereocenters. The molecule has 2 aliphatic rings. The zero-order chi connectivity index (χ0) is 19.8. The van der Waals surface area contributed by atoms with Gasteiger partial charge in [0.05, 0.1) is 12.7 Å². The predicted octanol–water partition coefficient (Wildman–Crippen LogP) is 2.48. The summed E-state index contributed by atoms with van der Waals surface area (Å²) in [6.07, 6.45) is 2.62. The summed E-state index contributed by atoms with van der Waals surface area (Å²) in [4.78, 5) is 9.29. The summed E-state index contributed by atoms with van der Waals surface area (Å²) in [6, 6.07) is 8.70. The molecule has 3 rings (SSSR count). The third kappa shape index (κ3) is 5.46. The average Bonchev–Trinajstić information content (AvgIpc) is 3.28. The summed E-state index contributed by atoms with van der Waals surface area (Å²) in [7, 11) is 1.86. The normalized spacial score (nSPS) is 23.4. The van der Waals surface area contributed by atoms with Crippen LogP contribution in [0.2, 0.25) is 0 Å². The second-order valence-electron chi connectivity index (χ2n) is 7.54. The number of guanidine groups is 1. The van der Waals surface area contributed by atoms with Crippen LogP contribution in [0.25, 0.3) is 0 Å². The zero-order valence-corrected chi connectivity index (χ0v) is 17.7. The summed E-state index contributed by atoms with van der Waals surface area (Å²) >= 11 is 0. The van der Waals surface area contributed by atoms with E-state index in [0.29, 0.717) is 0 Å². The largest absolute Gasteiger partial charge is 0.375 e. The molecule has 2 unspecified atom stereocenters. The maximum absolute atomic E-state index is 5.98. The molecule has 2 fully saturated rings. The molecule has 6 heteroatoms. The quantitative estimate of drug-likeness (QED) is 0.574. The predicted molar refractivity (Wildman–Crippen MR) is 114 cm³/mol. The van der Waals surface area contributed by atoms with Crippen molar-refractivity contribution in [2.45, 2.75) is 52.0 Å². The molecule has 6 nitrogen and oxygen atoms in total. The van der Waals surface area contributed by atoms with E-state index in [-0.39, 0.29) is 12.2 Å². The van der Waals surface area contributed by atoms with Gasteiger partial charge in [-0.25, -0.2) is 0 Å². The highest BCUT2D eigenvalue weighted by Gasteiger charge is 2.32. The van der Waals surface area contributed by atoms with Gasteiger partial charge in [-0.15, -0.1) is 0 Å². The van der Waals surface area contributed by atoms with Crippen LogP contribution in [0.1, 0.15) is 37.8 Å². The highest BCUT2D eigenvalue weighted by Crippen LogP contribution is 2.21.